The van der Waals surface area contributed by atoms with Gasteiger partial charge >= 0.3 is 5.97 Å². The highest BCUT2D eigenvalue weighted by Crippen LogP contribution is 2.42. The smallest absolute Gasteiger partial charge is 0.326 e. The summed E-state index contributed by atoms with van der Waals surface area (Å²) in [6.45, 7) is 2.07. The van der Waals surface area contributed by atoms with Crippen LogP contribution in [-0.4, -0.2) is 45.7 Å². The van der Waals surface area contributed by atoms with E-state index in [1.807, 2.05) is 0 Å². The van der Waals surface area contributed by atoms with Gasteiger partial charge < -0.3 is 19.8 Å². The van der Waals surface area contributed by atoms with Crippen molar-refractivity contribution in [2.24, 2.45) is 5.92 Å². The number of carbonyl (C=O) groups excluding carboxylic acids is 1. The summed E-state index contributed by atoms with van der Waals surface area (Å²) in [5.41, 5.74) is 0.240. The first-order valence-electron chi connectivity index (χ1n) is 8.64. The van der Waals surface area contributed by atoms with E-state index < -0.39 is 12.0 Å². The summed E-state index contributed by atoms with van der Waals surface area (Å²) in [6.07, 6.45) is 4.35. The molecule has 6 nitrogen and oxygen atoms in total. The van der Waals surface area contributed by atoms with Gasteiger partial charge in [-0.15, -0.1) is 0 Å². The fourth-order valence-electron chi connectivity index (χ4n) is 4.08. The van der Waals surface area contributed by atoms with E-state index in [9.17, 15) is 19.8 Å². The molecular formula is C18H22ClNO5. The lowest BCUT2D eigenvalue weighted by atomic mass is 9.84. The average Bonchev–Trinajstić information content (AvgIpc) is 2.98. The highest BCUT2D eigenvalue weighted by Gasteiger charge is 2.47. The molecule has 136 valence electrons. The number of phenolic OH excluding ortho intramolecular Hbond substituents is 1. The van der Waals surface area contributed by atoms with Crippen LogP contribution >= 0.6 is 11.6 Å². The first-order valence-corrected chi connectivity index (χ1v) is 9.02. The Labute approximate surface area is 151 Å². The van der Waals surface area contributed by atoms with Crippen molar-refractivity contribution in [1.82, 2.24) is 4.90 Å². The minimum absolute atomic E-state index is 0.0144. The fraction of sp³-hybridized carbons (Fsp3) is 0.556. The molecule has 1 heterocycles. The van der Waals surface area contributed by atoms with Gasteiger partial charge in [-0.25, -0.2) is 4.79 Å². The number of halogens is 1. The number of hydrogen-bond donors (Lipinski definition) is 2. The van der Waals surface area contributed by atoms with Crippen LogP contribution in [0.4, 0.5) is 0 Å². The molecule has 3 rings (SSSR count). The first kappa shape index (κ1) is 17.9. The highest BCUT2D eigenvalue weighted by atomic mass is 35.5. The lowest BCUT2D eigenvalue weighted by Gasteiger charge is -2.33. The number of hydrogen-bond acceptors (Lipinski definition) is 4. The Kier molecular flexibility index (Phi) is 5.08. The van der Waals surface area contributed by atoms with Gasteiger partial charge in [-0.1, -0.05) is 24.4 Å². The standard InChI is InChI=1S/C18H22ClNO5/c1-2-25-15-9-11(7-12(19)16(15)21)17(22)20-13-6-4-3-5-10(13)8-14(20)18(23)24/h7,9-10,13-14,21H,2-6,8H2,1H3,(H,23,24). The molecule has 0 aromatic heterocycles. The van der Waals surface area contributed by atoms with E-state index in [1.165, 1.54) is 17.0 Å². The number of ether oxygens (including phenoxy) is 1. The van der Waals surface area contributed by atoms with Crippen molar-refractivity contribution >= 4 is 23.5 Å². The lowest BCUT2D eigenvalue weighted by Crippen LogP contribution is -2.46. The van der Waals surface area contributed by atoms with Crippen molar-refractivity contribution in [1.29, 1.82) is 0 Å². The van der Waals surface area contributed by atoms with Crippen LogP contribution in [0.25, 0.3) is 0 Å². The molecule has 1 aromatic carbocycles. The summed E-state index contributed by atoms with van der Waals surface area (Å²) in [4.78, 5) is 26.3. The van der Waals surface area contributed by atoms with Gasteiger partial charge in [0.05, 0.1) is 11.6 Å². The maximum absolute atomic E-state index is 13.1. The molecule has 1 amide bonds. The van der Waals surface area contributed by atoms with Gasteiger partial charge in [-0.05, 0) is 44.2 Å². The predicted molar refractivity (Wildman–Crippen MR) is 92.2 cm³/mol. The number of aromatic hydroxyl groups is 1. The van der Waals surface area contributed by atoms with Crippen molar-refractivity contribution in [3.8, 4) is 11.5 Å². The van der Waals surface area contributed by atoms with E-state index in [-0.39, 0.29) is 40.0 Å². The summed E-state index contributed by atoms with van der Waals surface area (Å²) in [5.74, 6) is -1.20. The molecule has 7 heteroatoms. The second-order valence-corrected chi connectivity index (χ2v) is 7.06. The first-order chi connectivity index (χ1) is 11.9. The molecule has 1 saturated heterocycles. The number of likely N-dealkylation sites (tertiary alicyclic amines) is 1. The normalized spacial score (nSPS) is 25.5. The molecule has 1 aromatic rings. The van der Waals surface area contributed by atoms with Crippen LogP contribution in [0.5, 0.6) is 11.5 Å². The Hall–Kier alpha value is -1.95. The molecule has 1 aliphatic carbocycles. The van der Waals surface area contributed by atoms with E-state index in [0.29, 0.717) is 13.0 Å². The number of fused-ring (bicyclic) bond motifs is 1. The molecule has 25 heavy (non-hydrogen) atoms. The molecule has 2 aliphatic rings. The van der Waals surface area contributed by atoms with E-state index in [4.69, 9.17) is 16.3 Å². The number of carboxylic acids is 1. The van der Waals surface area contributed by atoms with Gasteiger partial charge in [-0.2, -0.15) is 0 Å². The molecular weight excluding hydrogens is 346 g/mol. The largest absolute Gasteiger partial charge is 0.503 e. The predicted octanol–water partition coefficient (Wildman–Crippen LogP) is 3.30. The van der Waals surface area contributed by atoms with Crippen molar-refractivity contribution < 1.29 is 24.5 Å². The number of carboxylic acid groups (broad SMARTS) is 1. The van der Waals surface area contributed by atoms with Gasteiger partial charge in [-0.3, -0.25) is 4.79 Å². The zero-order valence-electron chi connectivity index (χ0n) is 14.1. The number of aliphatic carboxylic acids is 1. The minimum Gasteiger partial charge on any atom is -0.503 e. The van der Waals surface area contributed by atoms with Gasteiger partial charge in [0.2, 0.25) is 0 Å². The summed E-state index contributed by atoms with van der Waals surface area (Å²) in [5, 5.41) is 19.5. The zero-order chi connectivity index (χ0) is 18.1. The molecule has 0 spiro atoms. The Balaban J connectivity index is 1.96. The van der Waals surface area contributed by atoms with Gasteiger partial charge in [0.15, 0.2) is 11.5 Å². The minimum atomic E-state index is -0.974. The van der Waals surface area contributed by atoms with Gasteiger partial charge in [0.1, 0.15) is 6.04 Å². The number of amides is 1. The Morgan fingerprint density at radius 2 is 2.04 bits per heavy atom. The van der Waals surface area contributed by atoms with Crippen LogP contribution in [0.3, 0.4) is 0 Å². The van der Waals surface area contributed by atoms with Crippen LogP contribution in [0.1, 0.15) is 49.4 Å². The summed E-state index contributed by atoms with van der Waals surface area (Å²) >= 11 is 6.02. The van der Waals surface area contributed by atoms with Gasteiger partial charge in [0, 0.05) is 11.6 Å². The van der Waals surface area contributed by atoms with E-state index in [0.717, 1.165) is 25.7 Å². The van der Waals surface area contributed by atoms with Crippen molar-refractivity contribution in [2.45, 2.75) is 51.1 Å². The molecule has 0 bridgehead atoms. The highest BCUT2D eigenvalue weighted by molar-refractivity contribution is 6.32. The van der Waals surface area contributed by atoms with Gasteiger partial charge in [0.25, 0.3) is 5.91 Å². The average molecular weight is 368 g/mol. The molecule has 3 atom stereocenters. The van der Waals surface area contributed by atoms with Crippen LogP contribution in [0, 0.1) is 5.92 Å². The SMILES string of the molecule is CCOc1cc(C(=O)N2C(C(=O)O)CC3CCCCC32)cc(Cl)c1O. The van der Waals surface area contributed by atoms with Crippen molar-refractivity contribution in [2.75, 3.05) is 6.61 Å². The molecule has 2 N–H and O–H groups in total. The zero-order valence-corrected chi connectivity index (χ0v) is 14.8. The summed E-state index contributed by atoms with van der Waals surface area (Å²) in [6, 6.07) is 1.94. The molecule has 3 unspecified atom stereocenters. The van der Waals surface area contributed by atoms with Crippen LogP contribution in [0.15, 0.2) is 12.1 Å². The molecule has 0 radical (unpaired) electrons. The van der Waals surface area contributed by atoms with Crippen molar-refractivity contribution in [3.63, 3.8) is 0 Å². The fourth-order valence-corrected chi connectivity index (χ4v) is 4.30. The summed E-state index contributed by atoms with van der Waals surface area (Å²) in [7, 11) is 0. The van der Waals surface area contributed by atoms with E-state index in [1.54, 1.807) is 6.92 Å². The van der Waals surface area contributed by atoms with E-state index in [2.05, 4.69) is 0 Å². The molecule has 2 fully saturated rings. The second kappa shape index (κ2) is 7.12. The maximum atomic E-state index is 13.1. The third-order valence-corrected chi connectivity index (χ3v) is 5.47. The molecule has 1 saturated carbocycles. The number of phenols is 1. The number of carbonyl (C=O) groups is 2. The summed E-state index contributed by atoms with van der Waals surface area (Å²) < 4.78 is 5.33. The lowest BCUT2D eigenvalue weighted by molar-refractivity contribution is -0.141. The third kappa shape index (κ3) is 3.27. The molecule has 1 aliphatic heterocycles. The quantitative estimate of drug-likeness (QED) is 0.852. The third-order valence-electron chi connectivity index (χ3n) is 5.18. The Morgan fingerprint density at radius 3 is 2.72 bits per heavy atom. The van der Waals surface area contributed by atoms with Crippen LogP contribution < -0.4 is 4.74 Å². The Bertz CT molecular complexity index is 692. The number of rotatable bonds is 4. The monoisotopic (exact) mass is 367 g/mol. The van der Waals surface area contributed by atoms with E-state index >= 15 is 0 Å². The van der Waals surface area contributed by atoms with Crippen molar-refractivity contribution in [3.05, 3.63) is 22.7 Å². The maximum Gasteiger partial charge on any atom is 0.326 e. The van der Waals surface area contributed by atoms with Crippen LogP contribution in [-0.2, 0) is 4.79 Å². The van der Waals surface area contributed by atoms with Crippen LogP contribution in [0.2, 0.25) is 5.02 Å². The number of nitrogens with zero attached hydrogens (tertiary/aromatic N) is 1. The Morgan fingerprint density at radius 1 is 1.32 bits per heavy atom. The number of benzene rings is 1. The second-order valence-electron chi connectivity index (χ2n) is 6.65. The topological polar surface area (TPSA) is 87.1 Å².